The average Bonchev–Trinajstić information content (AvgIpc) is 3.21. The lowest BCUT2D eigenvalue weighted by Gasteiger charge is -2.22. The van der Waals surface area contributed by atoms with Crippen LogP contribution in [-0.2, 0) is 36.9 Å². The molecule has 0 unspecified atom stereocenters. The number of esters is 1. The number of rotatable bonds is 9. The minimum atomic E-state index is -4.48. The molecule has 168 valence electrons. The van der Waals surface area contributed by atoms with E-state index in [0.717, 1.165) is 29.9 Å². The zero-order chi connectivity index (χ0) is 22.4. The number of carbonyl (C=O) groups is 2. The first-order valence-corrected chi connectivity index (χ1v) is 11.6. The van der Waals surface area contributed by atoms with Gasteiger partial charge in [-0.05, 0) is 37.5 Å². The molecule has 0 aliphatic heterocycles. The minimum Gasteiger partial charge on any atom is -0.465 e. The van der Waals surface area contributed by atoms with Gasteiger partial charge in [-0.3, -0.25) is 9.59 Å². The zero-order valence-corrected chi connectivity index (χ0v) is 17.6. The first kappa shape index (κ1) is 24.2. The van der Waals surface area contributed by atoms with Gasteiger partial charge < -0.3 is 9.64 Å². The molecular formula is C20H26F3NO5S. The highest BCUT2D eigenvalue weighted by Gasteiger charge is 2.31. The van der Waals surface area contributed by atoms with E-state index in [1.54, 1.807) is 6.92 Å². The van der Waals surface area contributed by atoms with Gasteiger partial charge in [0.05, 0.1) is 23.2 Å². The second kappa shape index (κ2) is 10.3. The Bertz CT molecular complexity index is 831. The number of alkyl halides is 3. The fourth-order valence-corrected chi connectivity index (χ4v) is 5.26. The van der Waals surface area contributed by atoms with Crippen LogP contribution in [0.15, 0.2) is 24.3 Å². The Hall–Kier alpha value is -2.10. The second-order valence-corrected chi connectivity index (χ2v) is 9.67. The molecule has 1 fully saturated rings. The summed E-state index contributed by atoms with van der Waals surface area (Å²) >= 11 is 0. The number of hydrogen-bond acceptors (Lipinski definition) is 5. The Morgan fingerprint density at radius 1 is 1.13 bits per heavy atom. The predicted octanol–water partition coefficient (Wildman–Crippen LogP) is 3.34. The van der Waals surface area contributed by atoms with E-state index in [1.165, 1.54) is 12.1 Å². The van der Waals surface area contributed by atoms with Gasteiger partial charge in [-0.25, -0.2) is 8.42 Å². The van der Waals surface area contributed by atoms with Gasteiger partial charge in [0.1, 0.15) is 6.54 Å². The topological polar surface area (TPSA) is 80.8 Å². The number of amides is 1. The van der Waals surface area contributed by atoms with Crippen LogP contribution in [0.25, 0.3) is 0 Å². The SMILES string of the molecule is CCOC(=O)CN(Cc1ccc(C(F)(F)F)cc1)C(=O)CCS(=O)(=O)C1CCCC1. The molecule has 30 heavy (non-hydrogen) atoms. The molecule has 1 aromatic rings. The molecule has 6 nitrogen and oxygen atoms in total. The van der Waals surface area contributed by atoms with Crippen molar-refractivity contribution in [1.29, 1.82) is 0 Å². The maximum atomic E-state index is 12.7. The molecule has 0 spiro atoms. The van der Waals surface area contributed by atoms with Crippen molar-refractivity contribution in [2.24, 2.45) is 0 Å². The molecule has 0 heterocycles. The summed E-state index contributed by atoms with van der Waals surface area (Å²) in [6.07, 6.45) is -1.89. The van der Waals surface area contributed by atoms with Crippen molar-refractivity contribution < 1.29 is 35.9 Å². The molecule has 2 rings (SSSR count). The van der Waals surface area contributed by atoms with Crippen LogP contribution in [0.3, 0.4) is 0 Å². The summed E-state index contributed by atoms with van der Waals surface area (Å²) in [5, 5.41) is -0.432. The van der Waals surface area contributed by atoms with Crippen LogP contribution in [0, 0.1) is 0 Å². The third kappa shape index (κ3) is 7.00. The van der Waals surface area contributed by atoms with Crippen LogP contribution in [0.4, 0.5) is 13.2 Å². The van der Waals surface area contributed by atoms with E-state index < -0.39 is 45.2 Å². The molecule has 1 amide bonds. The fraction of sp³-hybridized carbons (Fsp3) is 0.600. The Morgan fingerprint density at radius 3 is 2.27 bits per heavy atom. The molecule has 1 saturated carbocycles. The first-order valence-electron chi connectivity index (χ1n) is 9.84. The van der Waals surface area contributed by atoms with Gasteiger partial charge in [-0.1, -0.05) is 25.0 Å². The van der Waals surface area contributed by atoms with Gasteiger partial charge in [0.25, 0.3) is 0 Å². The smallest absolute Gasteiger partial charge is 0.416 e. The highest BCUT2D eigenvalue weighted by molar-refractivity contribution is 7.92. The van der Waals surface area contributed by atoms with Gasteiger partial charge in [0, 0.05) is 13.0 Å². The fourth-order valence-electron chi connectivity index (χ4n) is 3.42. The number of ether oxygens (including phenoxy) is 1. The second-order valence-electron chi connectivity index (χ2n) is 7.27. The van der Waals surface area contributed by atoms with Gasteiger partial charge in [0.2, 0.25) is 5.91 Å². The number of nitrogens with zero attached hydrogens (tertiary/aromatic N) is 1. The lowest BCUT2D eigenvalue weighted by molar-refractivity contribution is -0.149. The molecular weight excluding hydrogens is 423 g/mol. The molecule has 1 aliphatic rings. The van der Waals surface area contributed by atoms with Crippen molar-refractivity contribution in [3.63, 3.8) is 0 Å². The van der Waals surface area contributed by atoms with Crippen LogP contribution in [0.2, 0.25) is 0 Å². The van der Waals surface area contributed by atoms with E-state index in [0.29, 0.717) is 18.4 Å². The summed E-state index contributed by atoms with van der Waals surface area (Å²) in [6, 6.07) is 4.24. The van der Waals surface area contributed by atoms with Gasteiger partial charge >= 0.3 is 12.1 Å². The molecule has 0 N–H and O–H groups in total. The summed E-state index contributed by atoms with van der Waals surface area (Å²) in [4.78, 5) is 25.6. The average molecular weight is 449 g/mol. The number of hydrogen-bond donors (Lipinski definition) is 0. The summed E-state index contributed by atoms with van der Waals surface area (Å²) in [6.45, 7) is 1.18. The Labute approximate surface area is 174 Å². The Kier molecular flexibility index (Phi) is 8.28. The lowest BCUT2D eigenvalue weighted by Crippen LogP contribution is -2.37. The minimum absolute atomic E-state index is 0.108. The van der Waals surface area contributed by atoms with Gasteiger partial charge in [0.15, 0.2) is 9.84 Å². The highest BCUT2D eigenvalue weighted by Crippen LogP contribution is 2.29. The van der Waals surface area contributed by atoms with E-state index in [9.17, 15) is 31.2 Å². The van der Waals surface area contributed by atoms with E-state index in [2.05, 4.69) is 0 Å². The van der Waals surface area contributed by atoms with E-state index in [1.807, 2.05) is 0 Å². The summed E-state index contributed by atoms with van der Waals surface area (Å²) in [7, 11) is -3.41. The lowest BCUT2D eigenvalue weighted by atomic mass is 10.1. The maximum absolute atomic E-state index is 12.7. The predicted molar refractivity (Wildman–Crippen MR) is 104 cm³/mol. The molecule has 0 atom stereocenters. The van der Waals surface area contributed by atoms with E-state index >= 15 is 0 Å². The Balaban J connectivity index is 2.07. The summed E-state index contributed by atoms with van der Waals surface area (Å²) < 4.78 is 67.8. The van der Waals surface area contributed by atoms with Crippen LogP contribution in [0.5, 0.6) is 0 Å². The normalized spacial score (nSPS) is 15.2. The van der Waals surface area contributed by atoms with Gasteiger partial charge in [-0.2, -0.15) is 13.2 Å². The van der Waals surface area contributed by atoms with Crippen molar-refractivity contribution in [1.82, 2.24) is 4.90 Å². The van der Waals surface area contributed by atoms with Crippen LogP contribution in [0.1, 0.15) is 50.2 Å². The third-order valence-electron chi connectivity index (χ3n) is 5.04. The van der Waals surface area contributed by atoms with Crippen molar-refractivity contribution in [2.45, 2.75) is 57.0 Å². The quantitative estimate of drug-likeness (QED) is 0.540. The summed E-state index contributed by atoms with van der Waals surface area (Å²) in [5.74, 6) is -1.55. The first-order chi connectivity index (χ1) is 14.0. The number of halogens is 3. The summed E-state index contributed by atoms with van der Waals surface area (Å²) in [5.41, 5.74) is -0.434. The van der Waals surface area contributed by atoms with Crippen molar-refractivity contribution in [3.05, 3.63) is 35.4 Å². The van der Waals surface area contributed by atoms with Crippen LogP contribution < -0.4 is 0 Å². The third-order valence-corrected chi connectivity index (χ3v) is 7.30. The van der Waals surface area contributed by atoms with Crippen LogP contribution in [-0.4, -0.2) is 49.3 Å². The van der Waals surface area contributed by atoms with E-state index in [4.69, 9.17) is 4.74 Å². The molecule has 10 heteroatoms. The number of carbonyl (C=O) groups excluding carboxylic acids is 2. The van der Waals surface area contributed by atoms with Crippen molar-refractivity contribution in [2.75, 3.05) is 18.9 Å². The largest absolute Gasteiger partial charge is 0.465 e. The maximum Gasteiger partial charge on any atom is 0.416 e. The van der Waals surface area contributed by atoms with Crippen LogP contribution >= 0.6 is 0 Å². The van der Waals surface area contributed by atoms with Crippen molar-refractivity contribution >= 4 is 21.7 Å². The Morgan fingerprint density at radius 2 is 1.73 bits per heavy atom. The molecule has 0 aromatic heterocycles. The zero-order valence-electron chi connectivity index (χ0n) is 16.8. The highest BCUT2D eigenvalue weighted by atomic mass is 32.2. The monoisotopic (exact) mass is 449 g/mol. The van der Waals surface area contributed by atoms with Gasteiger partial charge in [-0.15, -0.1) is 0 Å². The molecule has 1 aliphatic carbocycles. The molecule has 0 saturated heterocycles. The molecule has 1 aromatic carbocycles. The number of benzene rings is 1. The number of sulfone groups is 1. The standard InChI is InChI=1S/C20H26F3NO5S/c1-2-29-19(26)14-24(13-15-7-9-16(10-8-15)20(21,22)23)18(25)11-12-30(27,28)17-5-3-4-6-17/h7-10,17H,2-6,11-14H2,1H3. The van der Waals surface area contributed by atoms with Crippen molar-refractivity contribution in [3.8, 4) is 0 Å². The molecule has 0 bridgehead atoms. The van der Waals surface area contributed by atoms with E-state index in [-0.39, 0.29) is 25.3 Å². The molecule has 0 radical (unpaired) electrons.